The lowest BCUT2D eigenvalue weighted by molar-refractivity contribution is -0.147. The second-order valence-electron chi connectivity index (χ2n) is 6.32. The molecule has 4 heteroatoms. The number of carbonyl (C=O) groups is 1. The molecule has 1 fully saturated rings. The number of methoxy groups -OCH3 is 1. The predicted octanol–water partition coefficient (Wildman–Crippen LogP) is 2.19. The van der Waals surface area contributed by atoms with Gasteiger partial charge in [0, 0.05) is 19.1 Å². The average Bonchev–Trinajstić information content (AvgIpc) is 2.47. The summed E-state index contributed by atoms with van der Waals surface area (Å²) in [5.74, 6) is -0.206. The summed E-state index contributed by atoms with van der Waals surface area (Å²) in [7, 11) is 1.44. The highest BCUT2D eigenvalue weighted by Crippen LogP contribution is 2.16. The summed E-state index contributed by atoms with van der Waals surface area (Å²) in [5, 5.41) is 3.45. The molecule has 1 aromatic rings. The van der Waals surface area contributed by atoms with Gasteiger partial charge in [0.05, 0.1) is 7.11 Å². The van der Waals surface area contributed by atoms with Gasteiger partial charge in [-0.05, 0) is 38.8 Å². The molecule has 1 atom stereocenters. The molecule has 2 rings (SSSR count). The van der Waals surface area contributed by atoms with Crippen molar-refractivity contribution in [1.82, 2.24) is 10.2 Å². The van der Waals surface area contributed by atoms with Crippen molar-refractivity contribution in [2.75, 3.05) is 20.2 Å². The summed E-state index contributed by atoms with van der Waals surface area (Å²) in [5.41, 5.74) is 0.709. The molecule has 0 spiro atoms. The third-order valence-electron chi connectivity index (χ3n) is 4.02. The van der Waals surface area contributed by atoms with Gasteiger partial charge in [0.25, 0.3) is 0 Å². The lowest BCUT2D eigenvalue weighted by Gasteiger charge is -2.37. The Morgan fingerprint density at radius 2 is 2.10 bits per heavy atom. The topological polar surface area (TPSA) is 41.6 Å². The highest BCUT2D eigenvalue weighted by molar-refractivity contribution is 5.79. The summed E-state index contributed by atoms with van der Waals surface area (Å²) in [6, 6.07) is 10.9. The van der Waals surface area contributed by atoms with Crippen LogP contribution in [0.15, 0.2) is 30.3 Å². The lowest BCUT2D eigenvalue weighted by atomic mass is 9.99. The minimum atomic E-state index is -0.630. The van der Waals surface area contributed by atoms with Crippen LogP contribution < -0.4 is 5.32 Å². The number of rotatable bonds is 5. The van der Waals surface area contributed by atoms with Crippen molar-refractivity contribution < 1.29 is 9.53 Å². The van der Waals surface area contributed by atoms with Gasteiger partial charge < -0.3 is 4.74 Å². The number of nitrogens with one attached hydrogen (secondary N) is 1. The summed E-state index contributed by atoms with van der Waals surface area (Å²) >= 11 is 0. The third-order valence-corrected chi connectivity index (χ3v) is 4.02. The van der Waals surface area contributed by atoms with E-state index in [0.717, 1.165) is 32.5 Å². The Hall–Kier alpha value is -1.39. The zero-order valence-corrected chi connectivity index (χ0v) is 13.3. The van der Waals surface area contributed by atoms with E-state index in [1.807, 2.05) is 19.9 Å². The zero-order valence-electron chi connectivity index (χ0n) is 13.3. The molecule has 1 N–H and O–H groups in total. The van der Waals surface area contributed by atoms with Gasteiger partial charge in [0.2, 0.25) is 0 Å². The van der Waals surface area contributed by atoms with Crippen LogP contribution in [0.4, 0.5) is 0 Å². The van der Waals surface area contributed by atoms with Crippen molar-refractivity contribution in [2.45, 2.75) is 44.8 Å². The molecule has 1 aromatic carbocycles. The Balaban J connectivity index is 1.90. The number of benzene rings is 1. The summed E-state index contributed by atoms with van der Waals surface area (Å²) in [6.45, 7) is 6.82. The molecule has 0 aliphatic carbocycles. The van der Waals surface area contributed by atoms with Crippen LogP contribution in [0.1, 0.15) is 32.3 Å². The highest BCUT2D eigenvalue weighted by atomic mass is 16.5. The molecule has 0 aromatic heterocycles. The molecular weight excluding hydrogens is 264 g/mol. The van der Waals surface area contributed by atoms with Crippen LogP contribution in [-0.4, -0.2) is 42.6 Å². The Morgan fingerprint density at radius 3 is 2.76 bits per heavy atom. The molecule has 1 aliphatic rings. The first-order valence-electron chi connectivity index (χ1n) is 7.63. The van der Waals surface area contributed by atoms with Crippen LogP contribution in [0, 0.1) is 0 Å². The minimum Gasteiger partial charge on any atom is -0.468 e. The molecule has 1 aliphatic heterocycles. The fourth-order valence-electron chi connectivity index (χ4n) is 2.98. The second kappa shape index (κ2) is 7.05. The van der Waals surface area contributed by atoms with Crippen LogP contribution in [-0.2, 0) is 16.1 Å². The van der Waals surface area contributed by atoms with E-state index in [-0.39, 0.29) is 5.97 Å². The van der Waals surface area contributed by atoms with Gasteiger partial charge in [0.1, 0.15) is 5.54 Å². The first-order chi connectivity index (χ1) is 10.0. The molecule has 1 heterocycles. The number of ether oxygens (including phenoxy) is 1. The second-order valence-corrected chi connectivity index (χ2v) is 6.32. The van der Waals surface area contributed by atoms with Crippen molar-refractivity contribution in [3.63, 3.8) is 0 Å². The summed E-state index contributed by atoms with van der Waals surface area (Å²) < 4.78 is 4.86. The van der Waals surface area contributed by atoms with Gasteiger partial charge in [-0.1, -0.05) is 30.3 Å². The quantitative estimate of drug-likeness (QED) is 0.844. The van der Waals surface area contributed by atoms with Crippen molar-refractivity contribution >= 4 is 5.97 Å². The van der Waals surface area contributed by atoms with E-state index in [1.165, 1.54) is 12.7 Å². The Labute approximate surface area is 127 Å². The number of hydrogen-bond acceptors (Lipinski definition) is 4. The predicted molar refractivity (Wildman–Crippen MR) is 84.0 cm³/mol. The van der Waals surface area contributed by atoms with Gasteiger partial charge in [-0.3, -0.25) is 15.0 Å². The Morgan fingerprint density at radius 1 is 1.38 bits per heavy atom. The number of carbonyl (C=O) groups excluding carboxylic acids is 1. The minimum absolute atomic E-state index is 0.206. The van der Waals surface area contributed by atoms with Gasteiger partial charge in [-0.15, -0.1) is 0 Å². The summed E-state index contributed by atoms with van der Waals surface area (Å²) in [4.78, 5) is 14.2. The van der Waals surface area contributed by atoms with Crippen molar-refractivity contribution in [3.8, 4) is 0 Å². The first-order valence-corrected chi connectivity index (χ1v) is 7.63. The maximum atomic E-state index is 11.8. The molecule has 0 amide bonds. The fourth-order valence-corrected chi connectivity index (χ4v) is 2.98. The molecule has 116 valence electrons. The van der Waals surface area contributed by atoms with E-state index >= 15 is 0 Å². The van der Waals surface area contributed by atoms with Gasteiger partial charge in [-0.25, -0.2) is 0 Å². The normalized spacial score (nSPS) is 20.2. The standard InChI is InChI=1S/C17H26N2O2/c1-17(2,16(20)21-3)18-15-10-7-11-19(13-15)12-14-8-5-4-6-9-14/h4-6,8-9,15,18H,7,10-13H2,1-3H3. The zero-order chi connectivity index (χ0) is 15.3. The number of esters is 1. The number of hydrogen-bond donors (Lipinski definition) is 1. The smallest absolute Gasteiger partial charge is 0.325 e. The van der Waals surface area contributed by atoms with Crippen LogP contribution in [0.2, 0.25) is 0 Å². The third kappa shape index (κ3) is 4.55. The van der Waals surface area contributed by atoms with Crippen molar-refractivity contribution in [1.29, 1.82) is 0 Å². The Kier molecular flexibility index (Phi) is 5.37. The van der Waals surface area contributed by atoms with Gasteiger partial charge in [-0.2, -0.15) is 0 Å². The van der Waals surface area contributed by atoms with Crippen LogP contribution in [0.25, 0.3) is 0 Å². The van der Waals surface area contributed by atoms with E-state index in [0.29, 0.717) is 6.04 Å². The van der Waals surface area contributed by atoms with E-state index in [2.05, 4.69) is 34.5 Å². The Bertz CT molecular complexity index is 459. The van der Waals surface area contributed by atoms with Crippen LogP contribution >= 0.6 is 0 Å². The molecule has 21 heavy (non-hydrogen) atoms. The lowest BCUT2D eigenvalue weighted by Crippen LogP contribution is -2.56. The van der Waals surface area contributed by atoms with Crippen LogP contribution in [0.3, 0.4) is 0 Å². The molecule has 0 saturated carbocycles. The van der Waals surface area contributed by atoms with E-state index in [9.17, 15) is 4.79 Å². The molecule has 0 bridgehead atoms. The van der Waals surface area contributed by atoms with E-state index in [4.69, 9.17) is 4.74 Å². The molecular formula is C17H26N2O2. The maximum absolute atomic E-state index is 11.8. The SMILES string of the molecule is COC(=O)C(C)(C)NC1CCCN(Cc2ccccc2)C1. The van der Waals surface area contributed by atoms with E-state index in [1.54, 1.807) is 0 Å². The van der Waals surface area contributed by atoms with Crippen molar-refractivity contribution in [2.24, 2.45) is 0 Å². The largest absolute Gasteiger partial charge is 0.468 e. The molecule has 1 unspecified atom stereocenters. The summed E-state index contributed by atoms with van der Waals surface area (Å²) in [6.07, 6.45) is 2.26. The average molecular weight is 290 g/mol. The number of nitrogens with zero attached hydrogens (tertiary/aromatic N) is 1. The monoisotopic (exact) mass is 290 g/mol. The molecule has 4 nitrogen and oxygen atoms in total. The van der Waals surface area contributed by atoms with E-state index < -0.39 is 5.54 Å². The highest BCUT2D eigenvalue weighted by Gasteiger charge is 2.32. The maximum Gasteiger partial charge on any atom is 0.325 e. The van der Waals surface area contributed by atoms with Gasteiger partial charge >= 0.3 is 5.97 Å². The fraction of sp³-hybridized carbons (Fsp3) is 0.588. The van der Waals surface area contributed by atoms with Crippen LogP contribution in [0.5, 0.6) is 0 Å². The van der Waals surface area contributed by atoms with Crippen molar-refractivity contribution in [3.05, 3.63) is 35.9 Å². The molecule has 1 saturated heterocycles. The van der Waals surface area contributed by atoms with Gasteiger partial charge in [0.15, 0.2) is 0 Å². The first kappa shape index (κ1) is 16.0. The number of likely N-dealkylation sites (tertiary alicyclic amines) is 1. The molecule has 0 radical (unpaired) electrons. The number of piperidine rings is 1.